The van der Waals surface area contributed by atoms with E-state index in [1.807, 2.05) is 49.4 Å². The molecule has 3 aromatic rings. The molecule has 1 aliphatic heterocycles. The smallest absolute Gasteiger partial charge is 0.293 e. The van der Waals surface area contributed by atoms with E-state index in [9.17, 15) is 14.7 Å². The highest BCUT2D eigenvalue weighted by Crippen LogP contribution is 2.39. The van der Waals surface area contributed by atoms with Gasteiger partial charge < -0.3 is 9.84 Å². The number of aromatic hydroxyl groups is 1. The average molecular weight is 484 g/mol. The van der Waals surface area contributed by atoms with Gasteiger partial charge in [0, 0.05) is 10.0 Å². The molecule has 0 saturated carbocycles. The molecule has 1 fully saturated rings. The molecule has 7 heteroatoms. The van der Waals surface area contributed by atoms with Crippen molar-refractivity contribution < 1.29 is 19.4 Å². The van der Waals surface area contributed by atoms with Gasteiger partial charge in [0.2, 0.25) is 0 Å². The van der Waals surface area contributed by atoms with Crippen LogP contribution >= 0.6 is 27.7 Å². The number of halogens is 1. The summed E-state index contributed by atoms with van der Waals surface area (Å²) in [5, 5.41) is 12.2. The number of phenolic OH excluding ortho intramolecular Hbond substituents is 1. The van der Waals surface area contributed by atoms with Crippen LogP contribution in [0.25, 0.3) is 16.8 Å². The molecular formula is C23H18BrNO4S. The van der Waals surface area contributed by atoms with Gasteiger partial charge in [0.25, 0.3) is 11.1 Å². The van der Waals surface area contributed by atoms with Gasteiger partial charge in [-0.25, -0.2) is 0 Å². The van der Waals surface area contributed by atoms with Crippen molar-refractivity contribution in [1.82, 2.24) is 4.90 Å². The number of fused-ring (bicyclic) bond motifs is 1. The van der Waals surface area contributed by atoms with Crippen molar-refractivity contribution in [2.45, 2.75) is 13.5 Å². The summed E-state index contributed by atoms with van der Waals surface area (Å²) in [5.74, 6) is -0.135. The quantitative estimate of drug-likeness (QED) is 0.454. The van der Waals surface area contributed by atoms with Crippen LogP contribution in [0.5, 0.6) is 11.5 Å². The van der Waals surface area contributed by atoms with Crippen LogP contribution in [0, 0.1) is 0 Å². The minimum Gasteiger partial charge on any atom is -0.504 e. The monoisotopic (exact) mass is 483 g/mol. The SMILES string of the molecule is CCOc1cc(Br)cc(/C=C2/SC(=O)N(Cc3cccc4ccccc34)C2=O)c1O. The molecule has 1 saturated heterocycles. The molecule has 1 N–H and O–H groups in total. The molecular weight excluding hydrogens is 466 g/mol. The molecule has 1 heterocycles. The average Bonchev–Trinajstić information content (AvgIpc) is 2.99. The Morgan fingerprint density at radius 3 is 2.70 bits per heavy atom. The number of imide groups is 1. The Morgan fingerprint density at radius 1 is 1.13 bits per heavy atom. The highest BCUT2D eigenvalue weighted by atomic mass is 79.9. The zero-order valence-electron chi connectivity index (χ0n) is 16.1. The van der Waals surface area contributed by atoms with Crippen LogP contribution in [0.3, 0.4) is 0 Å². The Kier molecular flexibility index (Phi) is 5.83. The number of hydrogen-bond donors (Lipinski definition) is 1. The maximum atomic E-state index is 13.0. The molecule has 0 aliphatic carbocycles. The Morgan fingerprint density at radius 2 is 1.90 bits per heavy atom. The number of nitrogens with zero attached hydrogens (tertiary/aromatic N) is 1. The lowest BCUT2D eigenvalue weighted by Crippen LogP contribution is -2.27. The minimum absolute atomic E-state index is 0.0686. The molecule has 30 heavy (non-hydrogen) atoms. The molecule has 0 radical (unpaired) electrons. The minimum atomic E-state index is -0.379. The van der Waals surface area contributed by atoms with E-state index in [0.29, 0.717) is 22.4 Å². The molecule has 5 nitrogen and oxygen atoms in total. The summed E-state index contributed by atoms with van der Waals surface area (Å²) in [6.45, 7) is 2.40. The number of rotatable bonds is 5. The first-order chi connectivity index (χ1) is 14.5. The molecule has 1 aliphatic rings. The van der Waals surface area contributed by atoms with E-state index in [1.165, 1.54) is 11.0 Å². The lowest BCUT2D eigenvalue weighted by Gasteiger charge is -2.14. The van der Waals surface area contributed by atoms with Gasteiger partial charge in [-0.3, -0.25) is 14.5 Å². The van der Waals surface area contributed by atoms with E-state index in [2.05, 4.69) is 15.9 Å². The molecule has 3 aromatic carbocycles. The summed E-state index contributed by atoms with van der Waals surface area (Å²) < 4.78 is 6.13. The Bertz CT molecular complexity index is 1190. The molecule has 0 unspecified atom stereocenters. The van der Waals surface area contributed by atoms with E-state index >= 15 is 0 Å². The fourth-order valence-corrected chi connectivity index (χ4v) is 4.63. The Labute approximate surface area is 186 Å². The van der Waals surface area contributed by atoms with Crippen molar-refractivity contribution >= 4 is 55.7 Å². The van der Waals surface area contributed by atoms with E-state index in [1.54, 1.807) is 12.1 Å². The van der Waals surface area contributed by atoms with E-state index in [4.69, 9.17) is 4.74 Å². The molecule has 152 valence electrons. The fraction of sp³-hybridized carbons (Fsp3) is 0.130. The summed E-state index contributed by atoms with van der Waals surface area (Å²) >= 11 is 4.25. The van der Waals surface area contributed by atoms with Gasteiger partial charge in [0.15, 0.2) is 11.5 Å². The van der Waals surface area contributed by atoms with Crippen molar-refractivity contribution in [1.29, 1.82) is 0 Å². The number of thioether (sulfide) groups is 1. The first-order valence-electron chi connectivity index (χ1n) is 9.35. The number of ether oxygens (including phenoxy) is 1. The number of phenols is 1. The predicted octanol–water partition coefficient (Wildman–Crippen LogP) is 5.94. The van der Waals surface area contributed by atoms with Gasteiger partial charge in [-0.2, -0.15) is 0 Å². The van der Waals surface area contributed by atoms with Gasteiger partial charge in [0.05, 0.1) is 18.1 Å². The van der Waals surface area contributed by atoms with Crippen molar-refractivity contribution in [2.75, 3.05) is 6.61 Å². The summed E-state index contributed by atoms with van der Waals surface area (Å²) in [4.78, 5) is 27.0. The summed E-state index contributed by atoms with van der Waals surface area (Å²) in [5.41, 5.74) is 1.31. The van der Waals surface area contributed by atoms with Gasteiger partial charge in [-0.15, -0.1) is 0 Å². The largest absolute Gasteiger partial charge is 0.504 e. The van der Waals surface area contributed by atoms with Gasteiger partial charge in [0.1, 0.15) is 0 Å². The van der Waals surface area contributed by atoms with Crippen molar-refractivity contribution in [2.24, 2.45) is 0 Å². The number of hydrogen-bond acceptors (Lipinski definition) is 5. The van der Waals surface area contributed by atoms with Gasteiger partial charge in [-0.05, 0) is 53.2 Å². The third-order valence-electron chi connectivity index (χ3n) is 4.74. The second-order valence-electron chi connectivity index (χ2n) is 6.68. The topological polar surface area (TPSA) is 66.8 Å². The standard InChI is InChI=1S/C23H18BrNO4S/c1-2-29-19-12-17(24)10-16(21(19)26)11-20-22(27)25(23(28)30-20)13-15-8-5-7-14-6-3-4-9-18(14)15/h3-12,26H,2,13H2,1H3/b20-11+. The summed E-state index contributed by atoms with van der Waals surface area (Å²) in [6, 6.07) is 17.0. The maximum Gasteiger partial charge on any atom is 0.293 e. The summed E-state index contributed by atoms with van der Waals surface area (Å²) in [7, 11) is 0. The van der Waals surface area contributed by atoms with Gasteiger partial charge >= 0.3 is 0 Å². The van der Waals surface area contributed by atoms with E-state index in [0.717, 1.165) is 28.1 Å². The van der Waals surface area contributed by atoms with Crippen LogP contribution in [-0.4, -0.2) is 27.8 Å². The van der Waals surface area contributed by atoms with Crippen molar-refractivity contribution in [3.63, 3.8) is 0 Å². The molecule has 0 atom stereocenters. The zero-order valence-corrected chi connectivity index (χ0v) is 18.5. The molecule has 4 rings (SSSR count). The lowest BCUT2D eigenvalue weighted by atomic mass is 10.0. The van der Waals surface area contributed by atoms with E-state index in [-0.39, 0.29) is 28.3 Å². The molecule has 0 spiro atoms. The lowest BCUT2D eigenvalue weighted by molar-refractivity contribution is -0.123. The van der Waals surface area contributed by atoms with E-state index < -0.39 is 0 Å². The van der Waals surface area contributed by atoms with Crippen molar-refractivity contribution in [3.8, 4) is 11.5 Å². The maximum absolute atomic E-state index is 13.0. The fourth-order valence-electron chi connectivity index (χ4n) is 3.35. The first kappa shape index (κ1) is 20.5. The normalized spacial score (nSPS) is 15.4. The second-order valence-corrected chi connectivity index (χ2v) is 8.59. The number of carbonyl (C=O) groups is 2. The highest BCUT2D eigenvalue weighted by Gasteiger charge is 2.35. The van der Waals surface area contributed by atoms with Crippen LogP contribution in [-0.2, 0) is 11.3 Å². The first-order valence-corrected chi connectivity index (χ1v) is 11.0. The highest BCUT2D eigenvalue weighted by molar-refractivity contribution is 9.10. The third kappa shape index (κ3) is 3.95. The van der Waals surface area contributed by atoms with Crippen LogP contribution in [0.4, 0.5) is 4.79 Å². The second kappa shape index (κ2) is 8.53. The third-order valence-corrected chi connectivity index (χ3v) is 6.10. The predicted molar refractivity (Wildman–Crippen MR) is 122 cm³/mol. The van der Waals surface area contributed by atoms with Crippen molar-refractivity contribution in [3.05, 3.63) is 75.1 Å². The number of amides is 2. The molecule has 0 aromatic heterocycles. The van der Waals surface area contributed by atoms with Crippen LogP contribution < -0.4 is 4.74 Å². The molecule has 2 amide bonds. The Balaban J connectivity index is 1.65. The Hall–Kier alpha value is -2.77. The van der Waals surface area contributed by atoms with Crippen LogP contribution in [0.15, 0.2) is 64.0 Å². The zero-order chi connectivity index (χ0) is 21.3. The van der Waals surface area contributed by atoms with Crippen LogP contribution in [0.2, 0.25) is 0 Å². The summed E-state index contributed by atoms with van der Waals surface area (Å²) in [6.07, 6.45) is 1.52. The number of carbonyl (C=O) groups excluding carboxylic acids is 2. The van der Waals surface area contributed by atoms with Gasteiger partial charge in [-0.1, -0.05) is 58.4 Å². The number of benzene rings is 3. The van der Waals surface area contributed by atoms with Crippen LogP contribution in [0.1, 0.15) is 18.1 Å². The molecule has 0 bridgehead atoms.